The number of carbonyl (C=O) groups is 1. The zero-order chi connectivity index (χ0) is 15.6. The Kier molecular flexibility index (Phi) is 5.21. The predicted molar refractivity (Wildman–Crippen MR) is 72.0 cm³/mol. The van der Waals surface area contributed by atoms with Crippen LogP contribution in [-0.2, 0) is 4.79 Å². The molecule has 0 heterocycles. The molecule has 2 N–H and O–H groups in total. The van der Waals surface area contributed by atoms with Gasteiger partial charge < -0.3 is 10.4 Å². The van der Waals surface area contributed by atoms with Crippen LogP contribution in [0.15, 0.2) is 28.7 Å². The Labute approximate surface area is 123 Å². The maximum atomic E-state index is 12.5. The molecule has 0 aromatic heterocycles. The molecule has 1 amide bonds. The Morgan fingerprint density at radius 1 is 1.45 bits per heavy atom. The van der Waals surface area contributed by atoms with Crippen molar-refractivity contribution in [3.05, 3.63) is 34.3 Å². The highest BCUT2D eigenvalue weighted by Gasteiger charge is 2.51. The number of carbonyl (C=O) groups excluding carboxylic acids is 1. The van der Waals surface area contributed by atoms with Gasteiger partial charge in [-0.15, -0.1) is 0 Å². The van der Waals surface area contributed by atoms with Crippen LogP contribution in [0.25, 0.3) is 0 Å². The molecule has 0 radical (unpaired) electrons. The summed E-state index contributed by atoms with van der Waals surface area (Å²) in [5.41, 5.74) is -2.28. The summed E-state index contributed by atoms with van der Waals surface area (Å²) in [6.45, 7) is 2.23. The molecule has 1 aromatic rings. The van der Waals surface area contributed by atoms with Gasteiger partial charge >= 0.3 is 6.18 Å². The molecule has 0 aliphatic carbocycles. The summed E-state index contributed by atoms with van der Waals surface area (Å²) < 4.78 is 38.2. The lowest BCUT2D eigenvalue weighted by molar-refractivity contribution is -0.253. The first kappa shape index (κ1) is 17.0. The highest BCUT2D eigenvalue weighted by Crippen LogP contribution is 2.32. The van der Waals surface area contributed by atoms with Crippen molar-refractivity contribution in [3.8, 4) is 0 Å². The molecule has 0 aliphatic rings. The lowest BCUT2D eigenvalue weighted by Crippen LogP contribution is -2.46. The minimum absolute atomic E-state index is 0.455. The highest BCUT2D eigenvalue weighted by molar-refractivity contribution is 9.10. The highest BCUT2D eigenvalue weighted by atomic mass is 79.9. The van der Waals surface area contributed by atoms with Crippen LogP contribution in [-0.4, -0.2) is 22.8 Å². The summed E-state index contributed by atoms with van der Waals surface area (Å²) in [5.74, 6) is -0.861. The summed E-state index contributed by atoms with van der Waals surface area (Å²) in [4.78, 5) is 11.6. The van der Waals surface area contributed by atoms with Crippen molar-refractivity contribution in [2.24, 2.45) is 0 Å². The quantitative estimate of drug-likeness (QED) is 0.872. The van der Waals surface area contributed by atoms with Gasteiger partial charge in [0.2, 0.25) is 5.91 Å². The Morgan fingerprint density at radius 3 is 2.55 bits per heavy atom. The average molecular weight is 354 g/mol. The largest absolute Gasteiger partial charge is 0.417 e. The summed E-state index contributed by atoms with van der Waals surface area (Å²) in [5, 5.41) is 11.7. The van der Waals surface area contributed by atoms with Gasteiger partial charge in [0.1, 0.15) is 0 Å². The van der Waals surface area contributed by atoms with Gasteiger partial charge in [0, 0.05) is 4.47 Å². The first-order valence-electron chi connectivity index (χ1n) is 5.87. The fourth-order valence-electron chi connectivity index (χ4n) is 1.56. The van der Waals surface area contributed by atoms with Crippen LogP contribution in [0.1, 0.15) is 31.9 Å². The van der Waals surface area contributed by atoms with Gasteiger partial charge in [-0.25, -0.2) is 0 Å². The Morgan fingerprint density at radius 2 is 2.05 bits per heavy atom. The molecule has 0 aliphatic heterocycles. The van der Waals surface area contributed by atoms with Crippen LogP contribution in [0.5, 0.6) is 0 Å². The van der Waals surface area contributed by atoms with Gasteiger partial charge in [0.15, 0.2) is 5.60 Å². The van der Waals surface area contributed by atoms with E-state index in [9.17, 15) is 23.1 Å². The molecule has 112 valence electrons. The van der Waals surface area contributed by atoms with Crippen LogP contribution in [0.3, 0.4) is 0 Å². The van der Waals surface area contributed by atoms with Gasteiger partial charge in [-0.1, -0.05) is 28.1 Å². The van der Waals surface area contributed by atoms with E-state index in [1.165, 1.54) is 0 Å². The van der Waals surface area contributed by atoms with E-state index in [0.29, 0.717) is 6.92 Å². The van der Waals surface area contributed by atoms with E-state index in [2.05, 4.69) is 21.2 Å². The summed E-state index contributed by atoms with van der Waals surface area (Å²) in [7, 11) is 0. The minimum Gasteiger partial charge on any atom is -0.380 e. The van der Waals surface area contributed by atoms with E-state index >= 15 is 0 Å². The van der Waals surface area contributed by atoms with Crippen LogP contribution < -0.4 is 5.32 Å². The third-order valence-electron chi connectivity index (χ3n) is 2.84. The summed E-state index contributed by atoms with van der Waals surface area (Å²) >= 11 is 3.27. The number of hydrogen-bond acceptors (Lipinski definition) is 2. The summed E-state index contributed by atoms with van der Waals surface area (Å²) in [6, 6.07) is 6.61. The zero-order valence-corrected chi connectivity index (χ0v) is 12.5. The Balaban J connectivity index is 2.68. The van der Waals surface area contributed by atoms with Gasteiger partial charge in [-0.2, -0.15) is 13.2 Å². The number of halogens is 4. The standard InChI is InChI=1S/C13H15BrF3NO2/c1-8(9-4-3-5-10(14)6-9)18-11(19)7-12(2,20)13(15,16)17/h3-6,8,20H,7H2,1-2H3,(H,18,19)/t8-,12?/m1/s1. The van der Waals surface area contributed by atoms with Gasteiger partial charge in [-0.3, -0.25) is 4.79 Å². The van der Waals surface area contributed by atoms with E-state index in [1.807, 2.05) is 0 Å². The number of hydrogen-bond donors (Lipinski definition) is 2. The molecule has 20 heavy (non-hydrogen) atoms. The number of amides is 1. The van der Waals surface area contributed by atoms with Gasteiger partial charge in [0.25, 0.3) is 0 Å². The monoisotopic (exact) mass is 353 g/mol. The van der Waals surface area contributed by atoms with Crippen LogP contribution >= 0.6 is 15.9 Å². The van der Waals surface area contributed by atoms with Crippen LogP contribution in [0.4, 0.5) is 13.2 Å². The lowest BCUT2D eigenvalue weighted by Gasteiger charge is -2.26. The molecule has 0 saturated carbocycles. The smallest absolute Gasteiger partial charge is 0.380 e. The second kappa shape index (κ2) is 6.13. The van der Waals surface area contributed by atoms with E-state index in [4.69, 9.17) is 0 Å². The molecule has 0 fully saturated rings. The molecular formula is C13H15BrF3NO2. The molecule has 7 heteroatoms. The normalized spacial score (nSPS) is 16.4. The van der Waals surface area contributed by atoms with Gasteiger partial charge in [0.05, 0.1) is 12.5 Å². The van der Waals surface area contributed by atoms with Crippen molar-refractivity contribution in [2.45, 2.75) is 38.1 Å². The third-order valence-corrected chi connectivity index (χ3v) is 3.33. The fraction of sp³-hybridized carbons (Fsp3) is 0.462. The van der Waals surface area contributed by atoms with E-state index < -0.39 is 30.1 Å². The maximum absolute atomic E-state index is 12.5. The predicted octanol–water partition coefficient (Wildman–Crippen LogP) is 3.33. The number of aliphatic hydroxyl groups is 1. The maximum Gasteiger partial charge on any atom is 0.417 e. The number of rotatable bonds is 4. The molecule has 1 rings (SSSR count). The molecule has 1 unspecified atom stereocenters. The Bertz CT molecular complexity index is 489. The molecule has 2 atom stereocenters. The molecule has 0 spiro atoms. The minimum atomic E-state index is -4.84. The molecule has 0 bridgehead atoms. The Hall–Kier alpha value is -1.08. The van der Waals surface area contributed by atoms with E-state index in [-0.39, 0.29) is 0 Å². The first-order valence-corrected chi connectivity index (χ1v) is 6.66. The number of benzene rings is 1. The van der Waals surface area contributed by atoms with Crippen molar-refractivity contribution in [2.75, 3.05) is 0 Å². The van der Waals surface area contributed by atoms with Crippen molar-refractivity contribution < 1.29 is 23.1 Å². The van der Waals surface area contributed by atoms with Crippen molar-refractivity contribution >= 4 is 21.8 Å². The first-order chi connectivity index (χ1) is 9.03. The molecular weight excluding hydrogens is 339 g/mol. The molecule has 3 nitrogen and oxygen atoms in total. The van der Waals surface area contributed by atoms with Crippen molar-refractivity contribution in [1.82, 2.24) is 5.32 Å². The van der Waals surface area contributed by atoms with Crippen molar-refractivity contribution in [3.63, 3.8) is 0 Å². The van der Waals surface area contributed by atoms with Crippen LogP contribution in [0.2, 0.25) is 0 Å². The second-order valence-electron chi connectivity index (χ2n) is 4.79. The SMILES string of the molecule is C[C@@H](NC(=O)CC(C)(O)C(F)(F)F)c1cccc(Br)c1. The van der Waals surface area contributed by atoms with Crippen LogP contribution in [0, 0.1) is 0 Å². The van der Waals surface area contributed by atoms with E-state index in [0.717, 1.165) is 10.0 Å². The third kappa shape index (κ3) is 4.49. The second-order valence-corrected chi connectivity index (χ2v) is 5.71. The van der Waals surface area contributed by atoms with E-state index in [1.54, 1.807) is 31.2 Å². The van der Waals surface area contributed by atoms with Gasteiger partial charge in [-0.05, 0) is 31.5 Å². The number of nitrogens with one attached hydrogen (secondary N) is 1. The topological polar surface area (TPSA) is 49.3 Å². The number of alkyl halides is 3. The van der Waals surface area contributed by atoms with Crippen molar-refractivity contribution in [1.29, 1.82) is 0 Å². The fourth-order valence-corrected chi connectivity index (χ4v) is 1.98. The lowest BCUT2D eigenvalue weighted by atomic mass is 10.0. The summed E-state index contributed by atoms with van der Waals surface area (Å²) in [6.07, 6.45) is -5.88. The average Bonchev–Trinajstić information content (AvgIpc) is 2.26. The molecule has 1 aromatic carbocycles. The molecule has 0 saturated heterocycles. The zero-order valence-electron chi connectivity index (χ0n) is 11.0.